The molecule has 0 spiro atoms. The number of hydrogen-bond donors (Lipinski definition) is 1. The third-order valence-corrected chi connectivity index (χ3v) is 6.86. The number of carbonyl (C=O) groups is 1. The average Bonchev–Trinajstić information content (AvgIpc) is 2.80. The number of piperidine rings is 1. The number of carbonyl (C=O) groups excluding carboxylic acids is 1. The fourth-order valence-electron chi connectivity index (χ4n) is 3.52. The van der Waals surface area contributed by atoms with E-state index in [0.29, 0.717) is 6.61 Å². The van der Waals surface area contributed by atoms with E-state index in [0.717, 1.165) is 42.9 Å². The predicted molar refractivity (Wildman–Crippen MR) is 145 cm³/mol. The normalized spacial score (nSPS) is 15.9. The topological polar surface area (TPSA) is 41.6 Å². The Bertz CT molecular complexity index is 750. The highest BCUT2D eigenvalue weighted by atomic mass is 32.2. The molecule has 0 amide bonds. The summed E-state index contributed by atoms with van der Waals surface area (Å²) in [7, 11) is 2.07. The second kappa shape index (κ2) is 16.1. The molecular formula is C28H46N2O2S. The van der Waals surface area contributed by atoms with Gasteiger partial charge in [-0.2, -0.15) is 0 Å². The molecule has 0 unspecified atom stereocenters. The number of nitrogens with zero attached hydrogens (tertiary/aromatic N) is 1. The van der Waals surface area contributed by atoms with Crippen LogP contribution in [0.3, 0.4) is 0 Å². The monoisotopic (exact) mass is 474 g/mol. The van der Waals surface area contributed by atoms with Crippen molar-refractivity contribution in [3.05, 3.63) is 52.5 Å². The van der Waals surface area contributed by atoms with E-state index in [1.165, 1.54) is 36.4 Å². The minimum Gasteiger partial charge on any atom is -0.493 e. The number of hydrogen-bond acceptors (Lipinski definition) is 5. The molecule has 186 valence electrons. The first kappa shape index (κ1) is 29.5. The van der Waals surface area contributed by atoms with E-state index >= 15 is 0 Å². The highest BCUT2D eigenvalue weighted by Gasteiger charge is 2.18. The molecule has 5 heteroatoms. The van der Waals surface area contributed by atoms with Gasteiger partial charge < -0.3 is 14.8 Å². The summed E-state index contributed by atoms with van der Waals surface area (Å²) < 4.78 is 8.22. The van der Waals surface area contributed by atoms with Crippen LogP contribution in [-0.4, -0.2) is 43.4 Å². The van der Waals surface area contributed by atoms with Crippen LogP contribution in [0.15, 0.2) is 41.3 Å². The van der Waals surface area contributed by atoms with Crippen molar-refractivity contribution in [2.75, 3.05) is 26.7 Å². The molecule has 0 aromatic heterocycles. The Balaban J connectivity index is 0.000000331. The zero-order valence-electron chi connectivity index (χ0n) is 21.9. The van der Waals surface area contributed by atoms with Gasteiger partial charge in [0.2, 0.25) is 0 Å². The lowest BCUT2D eigenvalue weighted by Crippen LogP contribution is -2.38. The van der Waals surface area contributed by atoms with Crippen LogP contribution in [0.1, 0.15) is 70.9 Å². The molecule has 1 saturated heterocycles. The smallest absolute Gasteiger partial charge is 0.125 e. The lowest BCUT2D eigenvalue weighted by atomic mass is 9.90. The standard InChI is InChI=1S/C15H22O2.C13H24N2S/c1-12-6-7-13(2)14(10-12)17-9-5-8-15(3,4)11-16;1-4-6-13(7-5-2)16-15-10-8-12(14-3)9-11-15/h6-7,10-11H,5,8-9H2,1-4H3;4,6-7,12,14H,5,8-11H2,1-3H3/b;6-4-,13-7+. The van der Waals surface area contributed by atoms with Crippen LogP contribution in [0, 0.1) is 19.3 Å². The second-order valence-electron chi connectivity index (χ2n) is 9.43. The van der Waals surface area contributed by atoms with Gasteiger partial charge in [-0.15, -0.1) is 0 Å². The summed E-state index contributed by atoms with van der Waals surface area (Å²) in [6.07, 6.45) is 13.0. The maximum Gasteiger partial charge on any atom is 0.125 e. The quantitative estimate of drug-likeness (QED) is 0.164. The molecule has 4 nitrogen and oxygen atoms in total. The first-order valence-electron chi connectivity index (χ1n) is 12.3. The van der Waals surface area contributed by atoms with Crippen molar-refractivity contribution in [3.8, 4) is 5.75 Å². The van der Waals surface area contributed by atoms with Crippen molar-refractivity contribution in [2.45, 2.75) is 79.7 Å². The molecular weight excluding hydrogens is 428 g/mol. The number of allylic oxidation sites excluding steroid dienone is 3. The van der Waals surface area contributed by atoms with Gasteiger partial charge in [0.15, 0.2) is 0 Å². The fourth-order valence-corrected chi connectivity index (χ4v) is 4.65. The molecule has 1 aromatic rings. The van der Waals surface area contributed by atoms with Gasteiger partial charge in [-0.1, -0.05) is 51.1 Å². The van der Waals surface area contributed by atoms with Gasteiger partial charge in [0.25, 0.3) is 0 Å². The van der Waals surface area contributed by atoms with Crippen LogP contribution in [0.25, 0.3) is 0 Å². The highest BCUT2D eigenvalue weighted by Crippen LogP contribution is 2.26. The van der Waals surface area contributed by atoms with Gasteiger partial charge in [-0.05, 0) is 89.1 Å². The molecule has 0 bridgehead atoms. The van der Waals surface area contributed by atoms with Crippen LogP contribution < -0.4 is 10.1 Å². The van der Waals surface area contributed by atoms with Crippen LogP contribution in [-0.2, 0) is 4.79 Å². The molecule has 33 heavy (non-hydrogen) atoms. The Morgan fingerprint density at radius 1 is 1.27 bits per heavy atom. The first-order valence-corrected chi connectivity index (χ1v) is 13.1. The lowest BCUT2D eigenvalue weighted by Gasteiger charge is -2.30. The summed E-state index contributed by atoms with van der Waals surface area (Å²) in [5.74, 6) is 0.953. The summed E-state index contributed by atoms with van der Waals surface area (Å²) in [4.78, 5) is 12.1. The van der Waals surface area contributed by atoms with Gasteiger partial charge in [0.1, 0.15) is 12.0 Å². The van der Waals surface area contributed by atoms with Crippen LogP contribution in [0.5, 0.6) is 5.75 Å². The zero-order valence-corrected chi connectivity index (χ0v) is 22.8. The Kier molecular flexibility index (Phi) is 14.4. The van der Waals surface area contributed by atoms with E-state index in [2.05, 4.69) is 73.9 Å². The first-order chi connectivity index (χ1) is 15.7. The summed E-state index contributed by atoms with van der Waals surface area (Å²) in [6, 6.07) is 6.93. The Morgan fingerprint density at radius 2 is 1.97 bits per heavy atom. The lowest BCUT2D eigenvalue weighted by molar-refractivity contribution is -0.115. The number of aldehydes is 1. The van der Waals surface area contributed by atoms with E-state index in [4.69, 9.17) is 4.74 Å². The second-order valence-corrected chi connectivity index (χ2v) is 10.6. The zero-order chi connectivity index (χ0) is 24.7. The van der Waals surface area contributed by atoms with Crippen molar-refractivity contribution < 1.29 is 9.53 Å². The molecule has 1 aromatic carbocycles. The average molecular weight is 475 g/mol. The minimum absolute atomic E-state index is 0.231. The van der Waals surface area contributed by atoms with E-state index in [-0.39, 0.29) is 5.41 Å². The fraction of sp³-hybridized carbons (Fsp3) is 0.607. The number of ether oxygens (including phenoxy) is 1. The molecule has 0 saturated carbocycles. The molecule has 1 N–H and O–H groups in total. The molecule has 1 aliphatic rings. The highest BCUT2D eigenvalue weighted by molar-refractivity contribution is 8.01. The van der Waals surface area contributed by atoms with Crippen LogP contribution in [0.2, 0.25) is 0 Å². The van der Waals surface area contributed by atoms with E-state index in [1.54, 1.807) is 0 Å². The molecule has 1 fully saturated rings. The van der Waals surface area contributed by atoms with Gasteiger partial charge in [0.05, 0.1) is 6.61 Å². The van der Waals surface area contributed by atoms with E-state index in [9.17, 15) is 4.79 Å². The van der Waals surface area contributed by atoms with Crippen molar-refractivity contribution in [2.24, 2.45) is 5.41 Å². The van der Waals surface area contributed by atoms with E-state index < -0.39 is 0 Å². The van der Waals surface area contributed by atoms with Gasteiger partial charge in [0, 0.05) is 29.5 Å². The maximum absolute atomic E-state index is 10.7. The minimum atomic E-state index is -0.231. The number of aryl methyl sites for hydroxylation is 2. The summed E-state index contributed by atoms with van der Waals surface area (Å²) in [6.45, 7) is 15.3. The van der Waals surface area contributed by atoms with Crippen molar-refractivity contribution in [3.63, 3.8) is 0 Å². The Labute approximate surface area is 207 Å². The molecule has 0 radical (unpaired) electrons. The molecule has 1 aliphatic heterocycles. The maximum atomic E-state index is 10.7. The Morgan fingerprint density at radius 3 is 2.55 bits per heavy atom. The third-order valence-electron chi connectivity index (χ3n) is 5.72. The van der Waals surface area contributed by atoms with Gasteiger partial charge >= 0.3 is 0 Å². The molecule has 2 rings (SSSR count). The summed E-state index contributed by atoms with van der Waals surface area (Å²) >= 11 is 1.91. The molecule has 0 aliphatic carbocycles. The van der Waals surface area contributed by atoms with Crippen molar-refractivity contribution in [1.29, 1.82) is 0 Å². The Hall–Kier alpha value is -1.56. The van der Waals surface area contributed by atoms with Crippen LogP contribution in [0.4, 0.5) is 0 Å². The summed E-state index contributed by atoms with van der Waals surface area (Å²) in [5, 5.41) is 3.36. The van der Waals surface area contributed by atoms with Crippen LogP contribution >= 0.6 is 11.9 Å². The van der Waals surface area contributed by atoms with Gasteiger partial charge in [-0.3, -0.25) is 0 Å². The number of benzene rings is 1. The SMILES string of the molecule is C/C=C\C(=C/CC)SN1CCC(NC)CC1.Cc1ccc(C)c(OCCCC(C)(C)C=O)c1. The number of nitrogens with one attached hydrogen (secondary N) is 1. The largest absolute Gasteiger partial charge is 0.493 e. The third kappa shape index (κ3) is 12.5. The predicted octanol–water partition coefficient (Wildman–Crippen LogP) is 6.88. The molecule has 1 heterocycles. The van der Waals surface area contributed by atoms with Crippen molar-refractivity contribution >= 4 is 18.2 Å². The molecule has 0 atom stereocenters. The van der Waals surface area contributed by atoms with Gasteiger partial charge in [-0.25, -0.2) is 4.31 Å². The number of rotatable bonds is 11. The summed E-state index contributed by atoms with van der Waals surface area (Å²) in [5.41, 5.74) is 2.13. The van der Waals surface area contributed by atoms with E-state index in [1.807, 2.05) is 32.7 Å². The van der Waals surface area contributed by atoms with Crippen molar-refractivity contribution in [1.82, 2.24) is 9.62 Å².